The quantitative estimate of drug-likeness (QED) is 0.818. The molecule has 6 nitrogen and oxygen atoms in total. The van der Waals surface area contributed by atoms with Crippen molar-refractivity contribution in [3.63, 3.8) is 0 Å². The summed E-state index contributed by atoms with van der Waals surface area (Å²) in [5.41, 5.74) is 1.13. The monoisotopic (exact) mass is 376 g/mol. The minimum absolute atomic E-state index is 0.0619. The number of primary sulfonamides is 1. The largest absolute Gasteiger partial charge is 0.334 e. The summed E-state index contributed by atoms with van der Waals surface area (Å²) in [6, 6.07) is 7.70. The van der Waals surface area contributed by atoms with E-state index < -0.39 is 10.0 Å². The molecule has 0 bridgehead atoms. The highest BCUT2D eigenvalue weighted by Crippen LogP contribution is 2.19. The minimum atomic E-state index is -3.46. The van der Waals surface area contributed by atoms with Gasteiger partial charge in [0.1, 0.15) is 0 Å². The Balaban J connectivity index is 2.05. The summed E-state index contributed by atoms with van der Waals surface area (Å²) in [6.45, 7) is 4.29. The predicted molar refractivity (Wildman–Crippen MR) is 97.0 cm³/mol. The van der Waals surface area contributed by atoms with Gasteiger partial charge in [0.15, 0.2) is 5.17 Å². The van der Waals surface area contributed by atoms with Crippen LogP contribution in [-0.2, 0) is 16.6 Å². The topological polar surface area (TPSA) is 79.0 Å². The van der Waals surface area contributed by atoms with Crippen LogP contribution in [0.5, 0.6) is 0 Å². The molecule has 0 saturated carbocycles. The average Bonchev–Trinajstić information content (AvgIpc) is 2.49. The van der Waals surface area contributed by atoms with Gasteiger partial charge in [-0.3, -0.25) is 4.90 Å². The second-order valence-corrected chi connectivity index (χ2v) is 8.64. The number of thioether (sulfide) groups is 1. The van der Waals surface area contributed by atoms with Crippen LogP contribution in [-0.4, -0.2) is 54.8 Å². The normalized spacial score (nSPS) is 16.5. The van der Waals surface area contributed by atoms with E-state index in [0.29, 0.717) is 31.4 Å². The van der Waals surface area contributed by atoms with Crippen LogP contribution in [0.2, 0.25) is 5.02 Å². The number of hydrogen-bond donors (Lipinski definition) is 1. The first-order valence-electron chi connectivity index (χ1n) is 7.27. The summed E-state index contributed by atoms with van der Waals surface area (Å²) < 4.78 is 22.3. The number of amidine groups is 1. The molecule has 0 saturated heterocycles. The molecule has 128 valence electrons. The van der Waals surface area contributed by atoms with Crippen molar-refractivity contribution in [3.05, 3.63) is 34.9 Å². The summed E-state index contributed by atoms with van der Waals surface area (Å²) >= 11 is 7.61. The highest BCUT2D eigenvalue weighted by Gasteiger charge is 2.21. The maximum absolute atomic E-state index is 11.1. The number of halogens is 1. The van der Waals surface area contributed by atoms with Gasteiger partial charge < -0.3 is 4.90 Å². The Kier molecular flexibility index (Phi) is 6.72. The molecule has 0 spiro atoms. The van der Waals surface area contributed by atoms with Crippen molar-refractivity contribution >= 4 is 38.6 Å². The van der Waals surface area contributed by atoms with Crippen molar-refractivity contribution in [2.75, 3.05) is 31.4 Å². The summed E-state index contributed by atoms with van der Waals surface area (Å²) in [5, 5.41) is 6.77. The van der Waals surface area contributed by atoms with Crippen LogP contribution in [0.15, 0.2) is 29.3 Å². The van der Waals surface area contributed by atoms with E-state index in [4.69, 9.17) is 16.7 Å². The lowest BCUT2D eigenvalue weighted by Crippen LogP contribution is -2.46. The van der Waals surface area contributed by atoms with Crippen molar-refractivity contribution in [1.29, 1.82) is 0 Å². The van der Waals surface area contributed by atoms with E-state index in [1.807, 2.05) is 29.2 Å². The molecule has 2 N–H and O–H groups in total. The zero-order chi connectivity index (χ0) is 16.9. The van der Waals surface area contributed by atoms with Crippen LogP contribution < -0.4 is 5.14 Å². The van der Waals surface area contributed by atoms with Crippen LogP contribution in [0, 0.1) is 0 Å². The number of nitrogens with two attached hydrogens (primary N) is 1. The van der Waals surface area contributed by atoms with Crippen LogP contribution in [0.1, 0.15) is 12.5 Å². The minimum Gasteiger partial charge on any atom is -0.334 e. The molecular weight excluding hydrogens is 356 g/mol. The number of rotatable bonds is 6. The van der Waals surface area contributed by atoms with Crippen molar-refractivity contribution in [1.82, 2.24) is 9.80 Å². The molecule has 2 rings (SSSR count). The molecule has 0 aromatic heterocycles. The third kappa shape index (κ3) is 6.31. The molecule has 1 aromatic rings. The summed E-state index contributed by atoms with van der Waals surface area (Å²) in [5.74, 6) is 0.876. The maximum atomic E-state index is 11.1. The molecular formula is C14H21ClN4O2S2. The van der Waals surface area contributed by atoms with Crippen molar-refractivity contribution in [2.45, 2.75) is 13.5 Å². The van der Waals surface area contributed by atoms with Crippen molar-refractivity contribution in [3.8, 4) is 0 Å². The smallest absolute Gasteiger partial charge is 0.210 e. The molecule has 0 radical (unpaired) electrons. The Morgan fingerprint density at radius 1 is 1.35 bits per heavy atom. The SMILES string of the molecule is CCSC1=NCN(CCS(N)(=O)=O)CN1Cc1ccc(Cl)cc1. The standard InChI is InChI=1S/C14H21ClN4O2S2/c1-2-22-14-17-10-18(7-8-23(16,20)21)11-19(14)9-12-3-5-13(15)6-4-12/h3-6H,2,7-11H2,1H3,(H2,16,20,21). The number of nitrogens with zero attached hydrogens (tertiary/aromatic N) is 3. The molecule has 1 heterocycles. The van der Waals surface area contributed by atoms with Gasteiger partial charge in [-0.15, -0.1) is 0 Å². The zero-order valence-corrected chi connectivity index (χ0v) is 15.4. The fourth-order valence-corrected chi connectivity index (χ4v) is 3.55. The summed E-state index contributed by atoms with van der Waals surface area (Å²) in [6.07, 6.45) is 0. The van der Waals surface area contributed by atoms with Crippen molar-refractivity contribution in [2.24, 2.45) is 10.1 Å². The first-order valence-corrected chi connectivity index (χ1v) is 10.3. The van der Waals surface area contributed by atoms with Crippen LogP contribution in [0.4, 0.5) is 0 Å². The highest BCUT2D eigenvalue weighted by molar-refractivity contribution is 8.13. The Morgan fingerprint density at radius 3 is 2.65 bits per heavy atom. The molecule has 23 heavy (non-hydrogen) atoms. The third-order valence-corrected chi connectivity index (χ3v) is 5.24. The first kappa shape index (κ1) is 18.5. The number of sulfonamides is 1. The fraction of sp³-hybridized carbons (Fsp3) is 0.500. The zero-order valence-electron chi connectivity index (χ0n) is 13.0. The van der Waals surface area contributed by atoms with Gasteiger partial charge in [-0.25, -0.2) is 18.5 Å². The van der Waals surface area contributed by atoms with E-state index in [9.17, 15) is 8.42 Å². The van der Waals surface area contributed by atoms with Gasteiger partial charge in [-0.05, 0) is 23.4 Å². The van der Waals surface area contributed by atoms with E-state index in [1.54, 1.807) is 11.8 Å². The van der Waals surface area contributed by atoms with Gasteiger partial charge in [0.25, 0.3) is 0 Å². The predicted octanol–water partition coefficient (Wildman–Crippen LogP) is 1.77. The van der Waals surface area contributed by atoms with Crippen LogP contribution >= 0.6 is 23.4 Å². The van der Waals surface area contributed by atoms with Crippen LogP contribution in [0.3, 0.4) is 0 Å². The lowest BCUT2D eigenvalue weighted by molar-refractivity contribution is 0.180. The molecule has 0 fully saturated rings. The Morgan fingerprint density at radius 2 is 2.04 bits per heavy atom. The summed E-state index contributed by atoms with van der Waals surface area (Å²) in [7, 11) is -3.46. The molecule has 1 aliphatic heterocycles. The first-order chi connectivity index (χ1) is 10.9. The van der Waals surface area contributed by atoms with Gasteiger partial charge in [0.2, 0.25) is 10.0 Å². The molecule has 0 amide bonds. The Labute approximate surface area is 146 Å². The molecule has 0 aliphatic carbocycles. The second kappa shape index (κ2) is 8.34. The maximum Gasteiger partial charge on any atom is 0.210 e. The van der Waals surface area contributed by atoms with Gasteiger partial charge >= 0.3 is 0 Å². The van der Waals surface area contributed by atoms with Gasteiger partial charge in [0.05, 0.1) is 19.1 Å². The molecule has 1 aliphatic rings. The van der Waals surface area contributed by atoms with Gasteiger partial charge in [-0.1, -0.05) is 42.4 Å². The van der Waals surface area contributed by atoms with E-state index in [-0.39, 0.29) is 5.75 Å². The molecule has 0 unspecified atom stereocenters. The second-order valence-electron chi connectivity index (χ2n) is 5.24. The van der Waals surface area contributed by atoms with Crippen LogP contribution in [0.25, 0.3) is 0 Å². The third-order valence-electron chi connectivity index (χ3n) is 3.30. The Hall–Kier alpha value is -0.800. The van der Waals surface area contributed by atoms with Crippen molar-refractivity contribution < 1.29 is 8.42 Å². The van der Waals surface area contributed by atoms with E-state index in [1.165, 1.54) is 0 Å². The van der Waals surface area contributed by atoms with Gasteiger partial charge in [0, 0.05) is 18.1 Å². The molecule has 0 atom stereocenters. The van der Waals surface area contributed by atoms with Gasteiger partial charge in [-0.2, -0.15) is 0 Å². The van der Waals surface area contributed by atoms with E-state index >= 15 is 0 Å². The average molecular weight is 377 g/mol. The van der Waals surface area contributed by atoms with E-state index in [0.717, 1.165) is 16.5 Å². The fourth-order valence-electron chi connectivity index (χ4n) is 2.20. The molecule has 9 heteroatoms. The summed E-state index contributed by atoms with van der Waals surface area (Å²) in [4.78, 5) is 8.68. The number of hydrogen-bond acceptors (Lipinski definition) is 6. The lowest BCUT2D eigenvalue weighted by atomic mass is 10.2. The lowest BCUT2D eigenvalue weighted by Gasteiger charge is -2.35. The number of benzene rings is 1. The number of aliphatic imine (C=N–C) groups is 1. The Bertz CT molecular complexity index is 649. The van der Waals surface area contributed by atoms with E-state index in [2.05, 4.69) is 16.8 Å². The molecule has 1 aromatic carbocycles. The highest BCUT2D eigenvalue weighted by atomic mass is 35.5.